The molecule has 0 bridgehead atoms. The Kier molecular flexibility index (Phi) is 4.29. The van der Waals surface area contributed by atoms with Crippen molar-refractivity contribution in [3.8, 4) is 0 Å². The number of carbonyl (C=O) groups excluding carboxylic acids is 1. The van der Waals surface area contributed by atoms with E-state index in [2.05, 4.69) is 19.1 Å². The molecule has 1 heteroatoms. The third kappa shape index (κ3) is 4.11. The van der Waals surface area contributed by atoms with E-state index >= 15 is 0 Å². The molecule has 0 saturated carbocycles. The average Bonchev–Trinajstić information content (AvgIpc) is 2.17. The summed E-state index contributed by atoms with van der Waals surface area (Å²) in [6.07, 6.45) is 2.31. The first kappa shape index (κ1) is 11.7. The lowest BCUT2D eigenvalue weighted by Gasteiger charge is -2.09. The molecule has 15 heavy (non-hydrogen) atoms. The molecule has 0 spiro atoms. The second kappa shape index (κ2) is 5.50. The minimum absolute atomic E-state index is 0.214. The zero-order chi connectivity index (χ0) is 11.3. The smallest absolute Gasteiger partial charge is 0.156 e. The van der Waals surface area contributed by atoms with E-state index in [1.807, 2.05) is 32.0 Å². The maximum Gasteiger partial charge on any atom is 0.156 e. The number of benzene rings is 1. The van der Waals surface area contributed by atoms with E-state index in [0.717, 1.165) is 5.57 Å². The van der Waals surface area contributed by atoms with Crippen LogP contribution in [-0.4, -0.2) is 5.78 Å². The average molecular weight is 202 g/mol. The van der Waals surface area contributed by atoms with Crippen LogP contribution in [0.3, 0.4) is 0 Å². The maximum absolute atomic E-state index is 11.6. The van der Waals surface area contributed by atoms with Crippen molar-refractivity contribution >= 4 is 5.78 Å². The van der Waals surface area contributed by atoms with Gasteiger partial charge in [-0.1, -0.05) is 42.8 Å². The van der Waals surface area contributed by atoms with Gasteiger partial charge in [-0.25, -0.2) is 0 Å². The molecule has 1 aromatic carbocycles. The highest BCUT2D eigenvalue weighted by atomic mass is 16.1. The highest BCUT2D eigenvalue weighted by Crippen LogP contribution is 2.18. The second-order valence-electron chi connectivity index (χ2n) is 4.20. The first-order valence-corrected chi connectivity index (χ1v) is 5.32. The van der Waals surface area contributed by atoms with Crippen LogP contribution in [0.25, 0.3) is 0 Å². The van der Waals surface area contributed by atoms with Gasteiger partial charge in [0, 0.05) is 6.42 Å². The van der Waals surface area contributed by atoms with E-state index in [-0.39, 0.29) is 5.78 Å². The van der Waals surface area contributed by atoms with Gasteiger partial charge in [0.1, 0.15) is 0 Å². The molecule has 0 heterocycles. The number of hydrogen-bond donors (Lipinski definition) is 0. The van der Waals surface area contributed by atoms with Gasteiger partial charge in [-0.05, 0) is 31.4 Å². The van der Waals surface area contributed by atoms with E-state index < -0.39 is 0 Å². The van der Waals surface area contributed by atoms with Crippen molar-refractivity contribution in [2.45, 2.75) is 33.1 Å². The lowest BCUT2D eigenvalue weighted by atomic mass is 9.95. The van der Waals surface area contributed by atoms with E-state index in [9.17, 15) is 4.79 Å². The molecule has 0 radical (unpaired) electrons. The Morgan fingerprint density at radius 3 is 2.40 bits per heavy atom. The molecule has 1 rings (SSSR count). The van der Waals surface area contributed by atoms with Crippen molar-refractivity contribution < 1.29 is 4.79 Å². The fourth-order valence-corrected chi connectivity index (χ4v) is 1.58. The molecule has 0 fully saturated rings. The van der Waals surface area contributed by atoms with Crippen LogP contribution in [0.5, 0.6) is 0 Å². The number of rotatable bonds is 4. The summed E-state index contributed by atoms with van der Waals surface area (Å²) in [6, 6.07) is 10.2. The van der Waals surface area contributed by atoms with Crippen LogP contribution in [-0.2, 0) is 4.79 Å². The molecule has 1 aromatic rings. The Labute approximate surface area is 91.8 Å². The van der Waals surface area contributed by atoms with Gasteiger partial charge in [0.25, 0.3) is 0 Å². The van der Waals surface area contributed by atoms with Crippen LogP contribution >= 0.6 is 0 Å². The van der Waals surface area contributed by atoms with Crippen LogP contribution in [0, 0.1) is 0 Å². The van der Waals surface area contributed by atoms with E-state index in [4.69, 9.17) is 0 Å². The summed E-state index contributed by atoms with van der Waals surface area (Å²) < 4.78 is 0. The quantitative estimate of drug-likeness (QED) is 0.680. The summed E-state index contributed by atoms with van der Waals surface area (Å²) >= 11 is 0. The molecule has 1 unspecified atom stereocenters. The van der Waals surface area contributed by atoms with Crippen molar-refractivity contribution in [2.24, 2.45) is 0 Å². The van der Waals surface area contributed by atoms with Gasteiger partial charge in [0.15, 0.2) is 5.78 Å². The molecular weight excluding hydrogens is 184 g/mol. The number of ketones is 1. The van der Waals surface area contributed by atoms with Crippen LogP contribution < -0.4 is 0 Å². The Balaban J connectivity index is 2.61. The van der Waals surface area contributed by atoms with Crippen LogP contribution in [0.4, 0.5) is 0 Å². The molecule has 0 N–H and O–H groups in total. The first-order chi connectivity index (χ1) is 7.09. The van der Waals surface area contributed by atoms with Gasteiger partial charge >= 0.3 is 0 Å². The molecule has 0 aliphatic carbocycles. The molecule has 0 saturated heterocycles. The molecule has 0 aliphatic rings. The normalized spacial score (nSPS) is 11.9. The molecule has 0 amide bonds. The molecular formula is C14H18O. The van der Waals surface area contributed by atoms with E-state index in [0.29, 0.717) is 12.3 Å². The Morgan fingerprint density at radius 1 is 1.27 bits per heavy atom. The lowest BCUT2D eigenvalue weighted by Crippen LogP contribution is -2.01. The van der Waals surface area contributed by atoms with Crippen LogP contribution in [0.2, 0.25) is 0 Å². The van der Waals surface area contributed by atoms with Crippen molar-refractivity contribution in [3.63, 3.8) is 0 Å². The zero-order valence-corrected chi connectivity index (χ0v) is 9.66. The topological polar surface area (TPSA) is 17.1 Å². The minimum atomic E-state index is 0.214. The summed E-state index contributed by atoms with van der Waals surface area (Å²) in [6.45, 7) is 5.99. The number of hydrogen-bond acceptors (Lipinski definition) is 1. The Bertz CT molecular complexity index is 345. The fourth-order valence-electron chi connectivity index (χ4n) is 1.58. The van der Waals surface area contributed by atoms with Gasteiger partial charge in [0.05, 0.1) is 0 Å². The lowest BCUT2D eigenvalue weighted by molar-refractivity contribution is -0.114. The molecule has 0 aromatic heterocycles. The first-order valence-electron chi connectivity index (χ1n) is 5.32. The van der Waals surface area contributed by atoms with Crippen molar-refractivity contribution in [1.82, 2.24) is 0 Å². The maximum atomic E-state index is 11.6. The number of allylic oxidation sites excluding steroid dienone is 2. The van der Waals surface area contributed by atoms with Gasteiger partial charge in [-0.3, -0.25) is 4.79 Å². The molecule has 80 valence electrons. The van der Waals surface area contributed by atoms with Crippen molar-refractivity contribution in [3.05, 3.63) is 47.5 Å². The summed E-state index contributed by atoms with van der Waals surface area (Å²) in [4.78, 5) is 11.6. The minimum Gasteiger partial charge on any atom is -0.295 e. The van der Waals surface area contributed by atoms with Gasteiger partial charge in [-0.2, -0.15) is 0 Å². The van der Waals surface area contributed by atoms with Gasteiger partial charge in [0.2, 0.25) is 0 Å². The SMILES string of the molecule is CC(C)=CC(=O)CC(C)c1ccccc1. The second-order valence-corrected chi connectivity index (χ2v) is 4.20. The van der Waals surface area contributed by atoms with Crippen molar-refractivity contribution in [2.75, 3.05) is 0 Å². The molecule has 1 atom stereocenters. The predicted octanol–water partition coefficient (Wildman–Crippen LogP) is 3.72. The monoisotopic (exact) mass is 202 g/mol. The third-order valence-electron chi connectivity index (χ3n) is 2.33. The number of carbonyl (C=O) groups is 1. The Hall–Kier alpha value is -1.37. The zero-order valence-electron chi connectivity index (χ0n) is 9.66. The summed E-state index contributed by atoms with van der Waals surface area (Å²) in [5, 5.41) is 0. The highest BCUT2D eigenvalue weighted by Gasteiger charge is 2.08. The van der Waals surface area contributed by atoms with Gasteiger partial charge in [-0.15, -0.1) is 0 Å². The summed E-state index contributed by atoms with van der Waals surface area (Å²) in [5.41, 5.74) is 2.30. The van der Waals surface area contributed by atoms with Crippen LogP contribution in [0.1, 0.15) is 38.7 Å². The molecule has 1 nitrogen and oxygen atoms in total. The Morgan fingerprint density at radius 2 is 1.87 bits per heavy atom. The third-order valence-corrected chi connectivity index (χ3v) is 2.33. The summed E-state index contributed by atoms with van der Waals surface area (Å²) in [7, 11) is 0. The highest BCUT2D eigenvalue weighted by molar-refractivity contribution is 5.90. The largest absolute Gasteiger partial charge is 0.295 e. The van der Waals surface area contributed by atoms with Crippen LogP contribution in [0.15, 0.2) is 42.0 Å². The van der Waals surface area contributed by atoms with E-state index in [1.165, 1.54) is 5.56 Å². The van der Waals surface area contributed by atoms with Gasteiger partial charge < -0.3 is 0 Å². The summed E-state index contributed by atoms with van der Waals surface area (Å²) in [5.74, 6) is 0.514. The standard InChI is InChI=1S/C14H18O/c1-11(2)9-14(15)10-12(3)13-7-5-4-6-8-13/h4-9,12H,10H2,1-3H3. The predicted molar refractivity (Wildman–Crippen MR) is 63.9 cm³/mol. The van der Waals surface area contributed by atoms with E-state index in [1.54, 1.807) is 6.08 Å². The molecule has 0 aliphatic heterocycles. The van der Waals surface area contributed by atoms with Crippen molar-refractivity contribution in [1.29, 1.82) is 0 Å². The fraction of sp³-hybridized carbons (Fsp3) is 0.357.